The van der Waals surface area contributed by atoms with Gasteiger partial charge in [-0.1, -0.05) is 42.5 Å². The number of hydrogen-bond acceptors (Lipinski definition) is 6. The molecule has 2 aromatic rings. The van der Waals surface area contributed by atoms with Gasteiger partial charge in [0.05, 0.1) is 13.2 Å². The van der Waals surface area contributed by atoms with E-state index < -0.39 is 41.5 Å². The molecular weight excluding hydrogens is 415 g/mol. The Kier molecular flexibility index (Phi) is 8.48. The first-order chi connectivity index (χ1) is 15.0. The predicted molar refractivity (Wildman–Crippen MR) is 117 cm³/mol. The van der Waals surface area contributed by atoms with Crippen molar-refractivity contribution in [2.45, 2.75) is 51.3 Å². The van der Waals surface area contributed by atoms with Crippen LogP contribution in [-0.4, -0.2) is 47.7 Å². The fourth-order valence-corrected chi connectivity index (χ4v) is 3.08. The number of halogens is 1. The molecule has 0 fully saturated rings. The molecule has 0 bridgehead atoms. The molecule has 2 N–H and O–H groups in total. The van der Waals surface area contributed by atoms with E-state index >= 15 is 0 Å². The van der Waals surface area contributed by atoms with Crippen LogP contribution in [0.4, 0.5) is 9.18 Å². The smallest absolute Gasteiger partial charge is 0.417 e. The summed E-state index contributed by atoms with van der Waals surface area (Å²) in [5.74, 6) is -1.99. The van der Waals surface area contributed by atoms with Gasteiger partial charge in [0.1, 0.15) is 17.5 Å². The van der Waals surface area contributed by atoms with E-state index in [2.05, 4.69) is 0 Å². The number of imide groups is 1. The lowest BCUT2D eigenvalue weighted by atomic mass is 10.0. The normalized spacial score (nSPS) is 13.1. The molecule has 7 nitrogen and oxygen atoms in total. The number of esters is 1. The van der Waals surface area contributed by atoms with Gasteiger partial charge in [-0.3, -0.25) is 4.79 Å². The van der Waals surface area contributed by atoms with Crippen molar-refractivity contribution in [1.29, 1.82) is 0 Å². The largest absolute Gasteiger partial charge is 0.467 e. The Labute approximate surface area is 187 Å². The third kappa shape index (κ3) is 7.16. The van der Waals surface area contributed by atoms with Crippen molar-refractivity contribution < 1.29 is 28.2 Å². The topological polar surface area (TPSA) is 98.9 Å². The van der Waals surface area contributed by atoms with E-state index in [9.17, 15) is 18.8 Å². The van der Waals surface area contributed by atoms with Crippen LogP contribution in [0.3, 0.4) is 0 Å². The van der Waals surface area contributed by atoms with Gasteiger partial charge in [0, 0.05) is 6.42 Å². The van der Waals surface area contributed by atoms with Crippen molar-refractivity contribution in [2.24, 2.45) is 5.73 Å². The standard InChI is InChI=1S/C24H29FN2O5/c1-24(2,3)32-23(30)27(20(22(29)31-4)15-16-8-6-5-7-9-16)21(28)19(26)14-17-10-12-18(25)13-11-17/h5-13,19-20H,14-15,26H2,1-4H3/t19-,20-/m0/s1. The highest BCUT2D eigenvalue weighted by Crippen LogP contribution is 2.18. The molecule has 0 aliphatic carbocycles. The van der Waals surface area contributed by atoms with E-state index in [1.807, 2.05) is 6.07 Å². The molecular formula is C24H29FN2O5. The summed E-state index contributed by atoms with van der Waals surface area (Å²) in [5, 5.41) is 0. The number of carbonyl (C=O) groups is 3. The van der Waals surface area contributed by atoms with Gasteiger partial charge in [0.15, 0.2) is 0 Å². The first kappa shape index (κ1) is 25.0. The van der Waals surface area contributed by atoms with Gasteiger partial charge < -0.3 is 15.2 Å². The van der Waals surface area contributed by atoms with Crippen LogP contribution < -0.4 is 5.73 Å². The summed E-state index contributed by atoms with van der Waals surface area (Å²) in [7, 11) is 1.18. The van der Waals surface area contributed by atoms with E-state index in [0.717, 1.165) is 10.5 Å². The fraction of sp³-hybridized carbons (Fsp3) is 0.375. The SMILES string of the molecule is COC(=O)[C@H](Cc1ccccc1)N(C(=O)OC(C)(C)C)C(=O)[C@@H](N)Cc1ccc(F)cc1. The second kappa shape index (κ2) is 10.9. The molecule has 0 heterocycles. The van der Waals surface area contributed by atoms with Crippen LogP contribution >= 0.6 is 0 Å². The summed E-state index contributed by atoms with van der Waals surface area (Å²) in [6.45, 7) is 4.95. The van der Waals surface area contributed by atoms with Gasteiger partial charge in [-0.05, 0) is 50.5 Å². The molecule has 8 heteroatoms. The third-order valence-corrected chi connectivity index (χ3v) is 4.57. The summed E-state index contributed by atoms with van der Waals surface area (Å²) in [6, 6.07) is 12.0. The van der Waals surface area contributed by atoms with Gasteiger partial charge in [-0.25, -0.2) is 18.9 Å². The van der Waals surface area contributed by atoms with E-state index in [1.54, 1.807) is 45.0 Å². The molecule has 0 aliphatic heterocycles. The van der Waals surface area contributed by atoms with Crippen LogP contribution in [-0.2, 0) is 31.9 Å². The van der Waals surface area contributed by atoms with Crippen LogP contribution in [0, 0.1) is 5.82 Å². The Hall–Kier alpha value is -3.26. The van der Waals surface area contributed by atoms with Crippen LogP contribution in [0.25, 0.3) is 0 Å². The minimum atomic E-state index is -1.27. The van der Waals surface area contributed by atoms with Crippen molar-refractivity contribution in [3.05, 3.63) is 71.5 Å². The highest BCUT2D eigenvalue weighted by molar-refractivity contribution is 5.99. The van der Waals surface area contributed by atoms with E-state index in [0.29, 0.717) is 5.56 Å². The van der Waals surface area contributed by atoms with Gasteiger partial charge in [0.2, 0.25) is 5.91 Å². The zero-order valence-corrected chi connectivity index (χ0v) is 18.7. The number of methoxy groups -OCH3 is 1. The van der Waals surface area contributed by atoms with Crippen molar-refractivity contribution in [3.8, 4) is 0 Å². The first-order valence-corrected chi connectivity index (χ1v) is 10.2. The number of nitrogens with zero attached hydrogens (tertiary/aromatic N) is 1. The molecule has 2 rings (SSSR count). The van der Waals surface area contributed by atoms with Gasteiger partial charge in [-0.15, -0.1) is 0 Å². The summed E-state index contributed by atoms with van der Waals surface area (Å²) in [5.41, 5.74) is 6.53. The maximum atomic E-state index is 13.3. The molecule has 0 saturated carbocycles. The van der Waals surface area contributed by atoms with Crippen LogP contribution in [0.15, 0.2) is 54.6 Å². The Morgan fingerprint density at radius 1 is 0.969 bits per heavy atom. The van der Waals surface area contributed by atoms with Gasteiger partial charge >= 0.3 is 12.1 Å². The Balaban J connectivity index is 2.38. The summed E-state index contributed by atoms with van der Waals surface area (Å²) in [4.78, 5) is 39.7. The maximum Gasteiger partial charge on any atom is 0.417 e. The number of ether oxygens (including phenoxy) is 2. The summed E-state index contributed by atoms with van der Waals surface area (Å²) in [6.07, 6.45) is -0.928. The van der Waals surface area contributed by atoms with Crippen molar-refractivity contribution >= 4 is 18.0 Å². The Morgan fingerprint density at radius 3 is 2.06 bits per heavy atom. The number of rotatable bonds is 7. The molecule has 0 aromatic heterocycles. The van der Waals surface area contributed by atoms with E-state index in [1.165, 1.54) is 31.4 Å². The molecule has 0 unspecified atom stereocenters. The lowest BCUT2D eigenvalue weighted by molar-refractivity contribution is -0.152. The summed E-state index contributed by atoms with van der Waals surface area (Å²) >= 11 is 0. The van der Waals surface area contributed by atoms with E-state index in [4.69, 9.17) is 15.2 Å². The molecule has 0 saturated heterocycles. The van der Waals surface area contributed by atoms with Crippen molar-refractivity contribution in [2.75, 3.05) is 7.11 Å². The molecule has 2 amide bonds. The Morgan fingerprint density at radius 2 is 1.53 bits per heavy atom. The number of amides is 2. The zero-order valence-electron chi connectivity index (χ0n) is 18.7. The number of nitrogens with two attached hydrogens (primary N) is 1. The second-order valence-corrected chi connectivity index (χ2v) is 8.35. The molecule has 0 spiro atoms. The van der Waals surface area contributed by atoms with E-state index in [-0.39, 0.29) is 12.8 Å². The molecule has 2 aromatic carbocycles. The molecule has 2 atom stereocenters. The van der Waals surface area contributed by atoms with Gasteiger partial charge in [0.25, 0.3) is 0 Å². The lowest BCUT2D eigenvalue weighted by Gasteiger charge is -2.32. The lowest BCUT2D eigenvalue weighted by Crippen LogP contribution is -2.56. The zero-order chi connectivity index (χ0) is 23.9. The predicted octanol–water partition coefficient (Wildman–Crippen LogP) is 3.24. The molecule has 0 radical (unpaired) electrons. The average molecular weight is 445 g/mol. The summed E-state index contributed by atoms with van der Waals surface area (Å²) < 4.78 is 23.5. The minimum Gasteiger partial charge on any atom is -0.467 e. The number of carbonyl (C=O) groups excluding carboxylic acids is 3. The van der Waals surface area contributed by atoms with Crippen molar-refractivity contribution in [1.82, 2.24) is 4.90 Å². The maximum absolute atomic E-state index is 13.3. The number of benzene rings is 2. The second-order valence-electron chi connectivity index (χ2n) is 8.35. The van der Waals surface area contributed by atoms with Gasteiger partial charge in [-0.2, -0.15) is 0 Å². The molecule has 32 heavy (non-hydrogen) atoms. The number of hydrogen-bond donors (Lipinski definition) is 1. The molecule has 172 valence electrons. The van der Waals surface area contributed by atoms with Crippen LogP contribution in [0.1, 0.15) is 31.9 Å². The fourth-order valence-electron chi connectivity index (χ4n) is 3.08. The van der Waals surface area contributed by atoms with Crippen LogP contribution in [0.2, 0.25) is 0 Å². The first-order valence-electron chi connectivity index (χ1n) is 10.2. The third-order valence-electron chi connectivity index (χ3n) is 4.57. The minimum absolute atomic E-state index is 0.0295. The monoisotopic (exact) mass is 444 g/mol. The van der Waals surface area contributed by atoms with Crippen molar-refractivity contribution in [3.63, 3.8) is 0 Å². The highest BCUT2D eigenvalue weighted by atomic mass is 19.1. The average Bonchev–Trinajstić information content (AvgIpc) is 2.73. The Bertz CT molecular complexity index is 926. The highest BCUT2D eigenvalue weighted by Gasteiger charge is 2.40. The van der Waals surface area contributed by atoms with Crippen LogP contribution in [0.5, 0.6) is 0 Å². The molecule has 0 aliphatic rings. The quantitative estimate of drug-likeness (QED) is 0.659.